The lowest BCUT2D eigenvalue weighted by Crippen LogP contribution is -2.30. The van der Waals surface area contributed by atoms with Crippen LogP contribution in [0.5, 0.6) is 5.75 Å². The van der Waals surface area contributed by atoms with Crippen LogP contribution in [0.25, 0.3) is 0 Å². The first-order valence-corrected chi connectivity index (χ1v) is 7.71. The molecule has 1 aromatic heterocycles. The Morgan fingerprint density at radius 2 is 2.08 bits per heavy atom. The van der Waals surface area contributed by atoms with Crippen molar-refractivity contribution in [3.63, 3.8) is 0 Å². The van der Waals surface area contributed by atoms with E-state index in [4.69, 9.17) is 4.74 Å². The summed E-state index contributed by atoms with van der Waals surface area (Å²) in [4.78, 5) is 25.6. The third-order valence-electron chi connectivity index (χ3n) is 4.41. The average molecular weight is 366 g/mol. The maximum atomic E-state index is 13.9. The van der Waals surface area contributed by atoms with Crippen LogP contribution < -0.4 is 15.0 Å². The van der Waals surface area contributed by atoms with E-state index in [1.165, 1.54) is 31.6 Å². The van der Waals surface area contributed by atoms with Crippen LogP contribution >= 0.6 is 0 Å². The summed E-state index contributed by atoms with van der Waals surface area (Å²) in [5.74, 6) is -4.14. The number of benzene rings is 1. The highest BCUT2D eigenvalue weighted by atomic mass is 19.3. The zero-order chi connectivity index (χ0) is 18.6. The Labute approximate surface area is 145 Å². The molecule has 0 radical (unpaired) electrons. The first-order valence-electron chi connectivity index (χ1n) is 7.71. The first kappa shape index (κ1) is 16.4. The van der Waals surface area contributed by atoms with Crippen LogP contribution in [0.2, 0.25) is 0 Å². The van der Waals surface area contributed by atoms with Crippen molar-refractivity contribution in [1.82, 2.24) is 15.1 Å². The summed E-state index contributed by atoms with van der Waals surface area (Å²) in [7, 11) is 1.31. The number of nitrogens with zero attached hydrogens (tertiary/aromatic N) is 3. The summed E-state index contributed by atoms with van der Waals surface area (Å²) < 4.78 is 46.0. The molecule has 1 saturated carbocycles. The third kappa shape index (κ3) is 2.49. The Balaban J connectivity index is 1.59. The lowest BCUT2D eigenvalue weighted by molar-refractivity contribution is -0.118. The van der Waals surface area contributed by atoms with Gasteiger partial charge >= 0.3 is 6.03 Å². The fourth-order valence-electron chi connectivity index (χ4n) is 2.91. The Kier molecular flexibility index (Phi) is 3.46. The molecule has 1 saturated heterocycles. The zero-order valence-corrected chi connectivity index (χ0v) is 13.4. The lowest BCUT2D eigenvalue weighted by Gasteiger charge is -2.11. The van der Waals surface area contributed by atoms with E-state index in [1.807, 2.05) is 0 Å². The highest BCUT2D eigenvalue weighted by Crippen LogP contribution is 2.52. The van der Waals surface area contributed by atoms with Crippen LogP contribution in [0.1, 0.15) is 24.1 Å². The largest absolute Gasteiger partial charge is 0.494 e. The minimum absolute atomic E-state index is 0.00835. The standard InChI is InChI=1S/C16H13F3N4O3/c1-26-11-3-2-8(4-10(11)17)13-14(24)23(15(25)21-13)9-6-20-22(7-9)12-5-16(12,18)19/h2-4,6-7,12-13H,5H2,1H3,(H,21,25). The van der Waals surface area contributed by atoms with E-state index in [-0.39, 0.29) is 23.4 Å². The van der Waals surface area contributed by atoms with Crippen molar-refractivity contribution in [1.29, 1.82) is 0 Å². The van der Waals surface area contributed by atoms with E-state index < -0.39 is 35.8 Å². The van der Waals surface area contributed by atoms with Gasteiger partial charge in [-0.25, -0.2) is 22.9 Å². The molecule has 2 heterocycles. The number of imide groups is 1. The number of aromatic nitrogens is 2. The van der Waals surface area contributed by atoms with Crippen molar-refractivity contribution >= 4 is 17.6 Å². The van der Waals surface area contributed by atoms with Gasteiger partial charge in [0.05, 0.1) is 19.0 Å². The number of anilines is 1. The molecule has 2 aromatic rings. The molecule has 1 aliphatic heterocycles. The molecule has 2 fully saturated rings. The molecule has 3 amide bonds. The summed E-state index contributed by atoms with van der Waals surface area (Å²) in [6.07, 6.45) is 2.06. The SMILES string of the molecule is COc1ccc(C2NC(=O)N(c3cnn(C4CC4(F)F)c3)C2=O)cc1F. The number of ether oxygens (including phenoxy) is 1. The number of carbonyl (C=O) groups excluding carboxylic acids is 2. The molecular formula is C16H13F3N4O3. The molecule has 26 heavy (non-hydrogen) atoms. The number of methoxy groups -OCH3 is 1. The monoisotopic (exact) mass is 366 g/mol. The maximum Gasteiger partial charge on any atom is 0.329 e. The van der Waals surface area contributed by atoms with E-state index in [0.29, 0.717) is 0 Å². The minimum atomic E-state index is -2.83. The summed E-state index contributed by atoms with van der Waals surface area (Å²) >= 11 is 0. The molecule has 1 N–H and O–H groups in total. The van der Waals surface area contributed by atoms with Gasteiger partial charge in [-0.3, -0.25) is 9.48 Å². The average Bonchev–Trinajstić information content (AvgIpc) is 2.93. The molecule has 7 nitrogen and oxygen atoms in total. The van der Waals surface area contributed by atoms with Crippen molar-refractivity contribution in [3.8, 4) is 5.75 Å². The lowest BCUT2D eigenvalue weighted by atomic mass is 10.1. The second-order valence-corrected chi connectivity index (χ2v) is 6.11. The van der Waals surface area contributed by atoms with Crippen LogP contribution in [-0.4, -0.2) is 34.8 Å². The molecule has 1 aromatic carbocycles. The van der Waals surface area contributed by atoms with Gasteiger partial charge in [-0.05, 0) is 17.7 Å². The second-order valence-electron chi connectivity index (χ2n) is 6.11. The maximum absolute atomic E-state index is 13.9. The van der Waals surface area contributed by atoms with Gasteiger partial charge in [0, 0.05) is 12.6 Å². The highest BCUT2D eigenvalue weighted by Gasteiger charge is 2.59. The topological polar surface area (TPSA) is 76.5 Å². The van der Waals surface area contributed by atoms with Gasteiger partial charge in [-0.15, -0.1) is 0 Å². The number of hydrogen-bond donors (Lipinski definition) is 1. The molecule has 10 heteroatoms. The van der Waals surface area contributed by atoms with Gasteiger partial charge in [0.2, 0.25) is 0 Å². The third-order valence-corrected chi connectivity index (χ3v) is 4.41. The van der Waals surface area contributed by atoms with Crippen LogP contribution in [-0.2, 0) is 4.79 Å². The van der Waals surface area contributed by atoms with E-state index in [0.717, 1.165) is 15.6 Å². The molecule has 0 spiro atoms. The van der Waals surface area contributed by atoms with Crippen LogP contribution in [0, 0.1) is 5.82 Å². The summed E-state index contributed by atoms with van der Waals surface area (Å²) in [5, 5.41) is 6.26. The highest BCUT2D eigenvalue weighted by molar-refractivity contribution is 6.21. The van der Waals surface area contributed by atoms with Gasteiger partial charge < -0.3 is 10.1 Å². The summed E-state index contributed by atoms with van der Waals surface area (Å²) in [6.45, 7) is 0. The van der Waals surface area contributed by atoms with Gasteiger partial charge in [0.25, 0.3) is 11.8 Å². The van der Waals surface area contributed by atoms with E-state index in [2.05, 4.69) is 10.4 Å². The number of urea groups is 1. The second kappa shape index (κ2) is 5.48. The number of rotatable bonds is 4. The summed E-state index contributed by atoms with van der Waals surface area (Å²) in [6, 6.07) is 1.01. The number of nitrogens with one attached hydrogen (secondary N) is 1. The van der Waals surface area contributed by atoms with Crippen molar-refractivity contribution in [3.05, 3.63) is 42.0 Å². The molecule has 2 aliphatic rings. The predicted molar refractivity (Wildman–Crippen MR) is 82.5 cm³/mol. The summed E-state index contributed by atoms with van der Waals surface area (Å²) in [5.41, 5.74) is 0.317. The molecule has 0 bridgehead atoms. The smallest absolute Gasteiger partial charge is 0.329 e. The van der Waals surface area contributed by atoms with Gasteiger partial charge in [0.15, 0.2) is 11.6 Å². The van der Waals surface area contributed by atoms with E-state index >= 15 is 0 Å². The van der Waals surface area contributed by atoms with Crippen LogP contribution in [0.15, 0.2) is 30.6 Å². The van der Waals surface area contributed by atoms with Crippen molar-refractivity contribution in [2.75, 3.05) is 12.0 Å². The Hall–Kier alpha value is -3.04. The fourth-order valence-corrected chi connectivity index (χ4v) is 2.91. The quantitative estimate of drug-likeness (QED) is 0.843. The predicted octanol–water partition coefficient (Wildman–Crippen LogP) is 2.41. The number of halogens is 3. The van der Waals surface area contributed by atoms with Crippen molar-refractivity contribution < 1.29 is 27.5 Å². The van der Waals surface area contributed by atoms with E-state index in [1.54, 1.807) is 0 Å². The van der Waals surface area contributed by atoms with Crippen molar-refractivity contribution in [2.24, 2.45) is 0 Å². The number of carbonyl (C=O) groups is 2. The number of alkyl halides is 2. The number of hydrogen-bond acceptors (Lipinski definition) is 4. The Bertz CT molecular complexity index is 914. The zero-order valence-electron chi connectivity index (χ0n) is 13.4. The first-order chi connectivity index (χ1) is 12.3. The fraction of sp³-hybridized carbons (Fsp3) is 0.312. The number of amides is 3. The van der Waals surface area contributed by atoms with E-state index in [9.17, 15) is 22.8 Å². The van der Waals surface area contributed by atoms with Gasteiger partial charge in [-0.2, -0.15) is 5.10 Å². The Morgan fingerprint density at radius 3 is 2.69 bits per heavy atom. The van der Waals surface area contributed by atoms with Gasteiger partial charge in [-0.1, -0.05) is 6.07 Å². The van der Waals surface area contributed by atoms with Crippen molar-refractivity contribution in [2.45, 2.75) is 24.4 Å². The van der Waals surface area contributed by atoms with Gasteiger partial charge in [0.1, 0.15) is 12.1 Å². The molecule has 1 aliphatic carbocycles. The normalized spacial score (nSPS) is 23.9. The van der Waals surface area contributed by atoms with Crippen LogP contribution in [0.4, 0.5) is 23.7 Å². The molecular weight excluding hydrogens is 353 g/mol. The Morgan fingerprint density at radius 1 is 1.35 bits per heavy atom. The van der Waals surface area contributed by atoms with Crippen LogP contribution in [0.3, 0.4) is 0 Å². The molecule has 2 atom stereocenters. The minimum Gasteiger partial charge on any atom is -0.494 e. The molecule has 4 rings (SSSR count). The molecule has 136 valence electrons. The molecule has 2 unspecified atom stereocenters.